The SMILES string of the molecule is CCC(C)c1cc(C2CC2)cn(C2CCCOC2)c1=O. The molecule has 1 aromatic rings. The highest BCUT2D eigenvalue weighted by atomic mass is 16.5. The Kier molecular flexibility index (Phi) is 3.97. The van der Waals surface area contributed by atoms with E-state index in [-0.39, 0.29) is 11.6 Å². The quantitative estimate of drug-likeness (QED) is 0.841. The van der Waals surface area contributed by atoms with Crippen molar-refractivity contribution in [1.29, 1.82) is 0 Å². The molecule has 3 nitrogen and oxygen atoms in total. The van der Waals surface area contributed by atoms with Crippen LogP contribution in [-0.2, 0) is 4.74 Å². The molecule has 0 radical (unpaired) electrons. The van der Waals surface area contributed by atoms with E-state index in [1.54, 1.807) is 0 Å². The van der Waals surface area contributed by atoms with Crippen molar-refractivity contribution in [1.82, 2.24) is 4.57 Å². The summed E-state index contributed by atoms with van der Waals surface area (Å²) in [6.45, 7) is 5.84. The van der Waals surface area contributed by atoms with Crippen LogP contribution in [0.15, 0.2) is 17.1 Å². The van der Waals surface area contributed by atoms with Gasteiger partial charge in [0.1, 0.15) is 0 Å². The molecule has 2 fully saturated rings. The van der Waals surface area contributed by atoms with Crippen molar-refractivity contribution >= 4 is 0 Å². The van der Waals surface area contributed by atoms with Crippen LogP contribution in [0.5, 0.6) is 0 Å². The lowest BCUT2D eigenvalue weighted by molar-refractivity contribution is 0.0578. The van der Waals surface area contributed by atoms with Gasteiger partial charge in [0.05, 0.1) is 12.6 Å². The Morgan fingerprint density at radius 2 is 2.20 bits per heavy atom. The second-order valence-corrected chi connectivity index (χ2v) is 6.40. The summed E-state index contributed by atoms with van der Waals surface area (Å²) in [7, 11) is 0. The van der Waals surface area contributed by atoms with E-state index in [9.17, 15) is 4.79 Å². The van der Waals surface area contributed by atoms with E-state index < -0.39 is 0 Å². The fourth-order valence-electron chi connectivity index (χ4n) is 3.07. The predicted molar refractivity (Wildman–Crippen MR) is 80.5 cm³/mol. The van der Waals surface area contributed by atoms with Gasteiger partial charge in [-0.25, -0.2) is 0 Å². The summed E-state index contributed by atoms with van der Waals surface area (Å²) in [5.74, 6) is 1.03. The van der Waals surface area contributed by atoms with Crippen molar-refractivity contribution in [3.8, 4) is 0 Å². The standard InChI is InChI=1S/C17H25NO2/c1-3-12(2)16-9-14(13-6-7-13)10-18(17(16)19)15-5-4-8-20-11-15/h9-10,12-13,15H,3-8,11H2,1-2H3. The molecule has 0 N–H and O–H groups in total. The third kappa shape index (κ3) is 2.69. The summed E-state index contributed by atoms with van der Waals surface area (Å²) in [4.78, 5) is 12.8. The normalized spacial score (nSPS) is 24.6. The van der Waals surface area contributed by atoms with Crippen LogP contribution in [-0.4, -0.2) is 17.8 Å². The molecule has 0 spiro atoms. The highest BCUT2D eigenvalue weighted by molar-refractivity contribution is 5.28. The Balaban J connectivity index is 2.02. The van der Waals surface area contributed by atoms with Crippen molar-refractivity contribution in [3.05, 3.63) is 33.7 Å². The van der Waals surface area contributed by atoms with Crippen molar-refractivity contribution in [2.75, 3.05) is 13.2 Å². The molecule has 2 heterocycles. The second kappa shape index (κ2) is 5.72. The predicted octanol–water partition coefficient (Wildman–Crippen LogP) is 3.59. The lowest BCUT2D eigenvalue weighted by atomic mass is 9.97. The summed E-state index contributed by atoms with van der Waals surface area (Å²) < 4.78 is 7.55. The van der Waals surface area contributed by atoms with Crippen molar-refractivity contribution in [3.63, 3.8) is 0 Å². The smallest absolute Gasteiger partial charge is 0.254 e. The minimum Gasteiger partial charge on any atom is -0.379 e. The minimum atomic E-state index is 0.208. The maximum absolute atomic E-state index is 12.8. The van der Waals surface area contributed by atoms with E-state index in [0.29, 0.717) is 18.4 Å². The van der Waals surface area contributed by atoms with Gasteiger partial charge < -0.3 is 9.30 Å². The Hall–Kier alpha value is -1.09. The summed E-state index contributed by atoms with van der Waals surface area (Å²) in [6, 6.07) is 2.41. The van der Waals surface area contributed by atoms with Gasteiger partial charge in [-0.1, -0.05) is 13.8 Å². The van der Waals surface area contributed by atoms with E-state index in [4.69, 9.17) is 4.74 Å². The van der Waals surface area contributed by atoms with Crippen LogP contribution in [0.2, 0.25) is 0 Å². The molecule has 1 aliphatic carbocycles. The summed E-state index contributed by atoms with van der Waals surface area (Å²) in [5, 5.41) is 0. The van der Waals surface area contributed by atoms with E-state index in [1.807, 2.05) is 4.57 Å². The molecule has 0 amide bonds. The lowest BCUT2D eigenvalue weighted by Gasteiger charge is -2.26. The zero-order chi connectivity index (χ0) is 14.1. The monoisotopic (exact) mass is 275 g/mol. The first-order chi connectivity index (χ1) is 9.70. The third-order valence-electron chi connectivity index (χ3n) is 4.81. The molecule has 2 aliphatic rings. The van der Waals surface area contributed by atoms with Crippen LogP contribution in [0.25, 0.3) is 0 Å². The second-order valence-electron chi connectivity index (χ2n) is 6.40. The summed E-state index contributed by atoms with van der Waals surface area (Å²) in [5.41, 5.74) is 2.58. The average Bonchev–Trinajstić information content (AvgIpc) is 3.32. The highest BCUT2D eigenvalue weighted by Crippen LogP contribution is 2.40. The van der Waals surface area contributed by atoms with Crippen LogP contribution in [0, 0.1) is 0 Å². The zero-order valence-electron chi connectivity index (χ0n) is 12.6. The number of hydrogen-bond donors (Lipinski definition) is 0. The molecule has 0 aromatic carbocycles. The van der Waals surface area contributed by atoms with Gasteiger partial charge in [-0.05, 0) is 55.6 Å². The van der Waals surface area contributed by atoms with Crippen molar-refractivity contribution < 1.29 is 4.74 Å². The van der Waals surface area contributed by atoms with Crippen LogP contribution in [0.3, 0.4) is 0 Å². The molecule has 0 bridgehead atoms. The van der Waals surface area contributed by atoms with Gasteiger partial charge in [-0.15, -0.1) is 0 Å². The van der Waals surface area contributed by atoms with Gasteiger partial charge >= 0.3 is 0 Å². The average molecular weight is 275 g/mol. The molecule has 1 saturated carbocycles. The topological polar surface area (TPSA) is 31.2 Å². The van der Waals surface area contributed by atoms with Crippen LogP contribution >= 0.6 is 0 Å². The molecule has 1 saturated heterocycles. The van der Waals surface area contributed by atoms with E-state index in [2.05, 4.69) is 26.1 Å². The fourth-order valence-corrected chi connectivity index (χ4v) is 3.07. The molecule has 3 heteroatoms. The van der Waals surface area contributed by atoms with E-state index in [1.165, 1.54) is 18.4 Å². The highest BCUT2D eigenvalue weighted by Gasteiger charge is 2.27. The number of aromatic nitrogens is 1. The first-order valence-corrected chi connectivity index (χ1v) is 8.04. The van der Waals surface area contributed by atoms with Crippen molar-refractivity contribution in [2.45, 2.75) is 63.8 Å². The molecular formula is C17H25NO2. The van der Waals surface area contributed by atoms with Gasteiger partial charge in [0.15, 0.2) is 0 Å². The fraction of sp³-hybridized carbons (Fsp3) is 0.706. The summed E-state index contributed by atoms with van der Waals surface area (Å²) in [6.07, 6.45) is 7.81. The molecule has 2 atom stereocenters. The molecule has 20 heavy (non-hydrogen) atoms. The van der Waals surface area contributed by atoms with Gasteiger partial charge in [0, 0.05) is 18.4 Å². The number of hydrogen-bond acceptors (Lipinski definition) is 2. The Bertz CT molecular complexity index is 524. The maximum Gasteiger partial charge on any atom is 0.254 e. The van der Waals surface area contributed by atoms with Crippen LogP contribution in [0.4, 0.5) is 0 Å². The molecule has 2 unspecified atom stereocenters. The molecule has 110 valence electrons. The van der Waals surface area contributed by atoms with Gasteiger partial charge in [0.2, 0.25) is 0 Å². The van der Waals surface area contributed by atoms with Crippen molar-refractivity contribution in [2.24, 2.45) is 0 Å². The number of pyridine rings is 1. The van der Waals surface area contributed by atoms with Crippen LogP contribution in [0.1, 0.15) is 75.0 Å². The number of ether oxygens (including phenoxy) is 1. The zero-order valence-corrected chi connectivity index (χ0v) is 12.6. The third-order valence-corrected chi connectivity index (χ3v) is 4.81. The van der Waals surface area contributed by atoms with Gasteiger partial charge in [-0.2, -0.15) is 0 Å². The first-order valence-electron chi connectivity index (χ1n) is 8.04. The Morgan fingerprint density at radius 3 is 2.80 bits per heavy atom. The molecule has 1 aliphatic heterocycles. The van der Waals surface area contributed by atoms with E-state index in [0.717, 1.165) is 31.4 Å². The van der Waals surface area contributed by atoms with Gasteiger partial charge in [-0.3, -0.25) is 4.79 Å². The summed E-state index contributed by atoms with van der Waals surface area (Å²) >= 11 is 0. The lowest BCUT2D eigenvalue weighted by Crippen LogP contribution is -2.32. The minimum absolute atomic E-state index is 0.208. The maximum atomic E-state index is 12.8. The Labute approximate surface area is 121 Å². The van der Waals surface area contributed by atoms with Crippen LogP contribution < -0.4 is 5.56 Å². The largest absolute Gasteiger partial charge is 0.379 e. The number of nitrogens with zero attached hydrogens (tertiary/aromatic N) is 1. The van der Waals surface area contributed by atoms with E-state index >= 15 is 0 Å². The van der Waals surface area contributed by atoms with Gasteiger partial charge in [0.25, 0.3) is 5.56 Å². The Morgan fingerprint density at radius 1 is 1.40 bits per heavy atom. The number of rotatable bonds is 4. The molecule has 3 rings (SSSR count). The molecular weight excluding hydrogens is 250 g/mol. The molecule has 1 aromatic heterocycles. The first kappa shape index (κ1) is 13.9.